The van der Waals surface area contributed by atoms with Gasteiger partial charge in [0.15, 0.2) is 0 Å². The number of nitrogens with zero attached hydrogens (tertiary/aromatic N) is 1. The summed E-state index contributed by atoms with van der Waals surface area (Å²) in [6, 6.07) is 22.4. The summed E-state index contributed by atoms with van der Waals surface area (Å²) >= 11 is 1.48. The molecule has 3 aromatic carbocycles. The first-order chi connectivity index (χ1) is 13.1. The lowest BCUT2D eigenvalue weighted by Crippen LogP contribution is -2.14. The molecule has 1 aromatic heterocycles. The number of carbonyl (C=O) groups excluding carboxylic acids is 1. The van der Waals surface area contributed by atoms with Crippen LogP contribution < -0.4 is 5.32 Å². The summed E-state index contributed by atoms with van der Waals surface area (Å²) in [4.78, 5) is 17.2. The molecule has 3 nitrogen and oxygen atoms in total. The van der Waals surface area contributed by atoms with Gasteiger partial charge in [0.25, 0.3) is 0 Å². The highest BCUT2D eigenvalue weighted by Crippen LogP contribution is 2.26. The van der Waals surface area contributed by atoms with Gasteiger partial charge in [0, 0.05) is 16.5 Å². The largest absolute Gasteiger partial charge is 0.325 e. The Morgan fingerprint density at radius 2 is 1.78 bits per heavy atom. The fourth-order valence-electron chi connectivity index (χ4n) is 3.17. The fourth-order valence-corrected chi connectivity index (χ4v) is 3.96. The Bertz CT molecular complexity index is 1150. The summed E-state index contributed by atoms with van der Waals surface area (Å²) in [5.74, 6) is 0.302. The van der Waals surface area contributed by atoms with Crippen molar-refractivity contribution in [2.24, 2.45) is 0 Å². The van der Waals surface area contributed by atoms with Gasteiger partial charge in [-0.2, -0.15) is 0 Å². The molecule has 0 fully saturated rings. The summed E-state index contributed by atoms with van der Waals surface area (Å²) < 4.78 is 0. The van der Waals surface area contributed by atoms with Crippen LogP contribution in [0.3, 0.4) is 0 Å². The van der Waals surface area contributed by atoms with E-state index in [2.05, 4.69) is 36.5 Å². The van der Waals surface area contributed by atoms with Gasteiger partial charge in [-0.25, -0.2) is 4.98 Å². The summed E-state index contributed by atoms with van der Waals surface area (Å²) in [7, 11) is 0. The van der Waals surface area contributed by atoms with E-state index in [0.29, 0.717) is 5.75 Å². The molecule has 0 unspecified atom stereocenters. The summed E-state index contributed by atoms with van der Waals surface area (Å²) in [5, 5.41) is 7.23. The lowest BCUT2D eigenvalue weighted by Gasteiger charge is -2.10. The minimum absolute atomic E-state index is 0.0260. The Morgan fingerprint density at radius 3 is 2.67 bits per heavy atom. The molecule has 27 heavy (non-hydrogen) atoms. The molecule has 0 spiro atoms. The molecule has 0 aliphatic rings. The molecule has 1 N–H and O–H groups in total. The maximum Gasteiger partial charge on any atom is 0.234 e. The van der Waals surface area contributed by atoms with Gasteiger partial charge in [-0.05, 0) is 48.6 Å². The van der Waals surface area contributed by atoms with Gasteiger partial charge in [0.1, 0.15) is 5.03 Å². The predicted octanol–water partition coefficient (Wildman–Crippen LogP) is 5.74. The van der Waals surface area contributed by atoms with Crippen LogP contribution in [0.5, 0.6) is 0 Å². The van der Waals surface area contributed by atoms with Crippen LogP contribution >= 0.6 is 11.8 Å². The van der Waals surface area contributed by atoms with E-state index in [9.17, 15) is 4.79 Å². The van der Waals surface area contributed by atoms with E-state index in [1.54, 1.807) is 0 Å². The Kier molecular flexibility index (Phi) is 4.82. The van der Waals surface area contributed by atoms with Gasteiger partial charge in [-0.15, -0.1) is 0 Å². The number of hydrogen-bond acceptors (Lipinski definition) is 3. The molecule has 0 aliphatic heterocycles. The third-order valence-electron chi connectivity index (χ3n) is 4.52. The van der Waals surface area contributed by atoms with Crippen LogP contribution in [-0.4, -0.2) is 16.6 Å². The normalized spacial score (nSPS) is 11.0. The monoisotopic (exact) mass is 372 g/mol. The highest BCUT2D eigenvalue weighted by Gasteiger charge is 2.10. The van der Waals surface area contributed by atoms with E-state index < -0.39 is 0 Å². The van der Waals surface area contributed by atoms with E-state index in [0.717, 1.165) is 38.0 Å². The van der Waals surface area contributed by atoms with Crippen molar-refractivity contribution in [2.45, 2.75) is 18.9 Å². The third-order valence-corrected chi connectivity index (χ3v) is 5.61. The number of aromatic nitrogens is 1. The van der Waals surface area contributed by atoms with Crippen LogP contribution in [0.4, 0.5) is 5.69 Å². The number of amides is 1. The van der Waals surface area contributed by atoms with Crippen LogP contribution in [0.15, 0.2) is 71.8 Å². The number of thioether (sulfide) groups is 1. The Hall–Kier alpha value is -2.85. The maximum atomic E-state index is 12.5. The van der Waals surface area contributed by atoms with Crippen LogP contribution in [0.2, 0.25) is 0 Å². The number of fused-ring (bicyclic) bond motifs is 2. The summed E-state index contributed by atoms with van der Waals surface area (Å²) in [6.07, 6.45) is 0. The van der Waals surface area contributed by atoms with E-state index in [-0.39, 0.29) is 5.91 Å². The molecule has 4 aromatic rings. The Morgan fingerprint density at radius 1 is 0.963 bits per heavy atom. The lowest BCUT2D eigenvalue weighted by atomic mass is 10.1. The zero-order valence-electron chi connectivity index (χ0n) is 15.3. The average molecular weight is 372 g/mol. The molecule has 0 radical (unpaired) electrons. The zero-order valence-corrected chi connectivity index (χ0v) is 16.1. The Balaban J connectivity index is 1.50. The van der Waals surface area contributed by atoms with Gasteiger partial charge in [0.05, 0.1) is 11.3 Å². The number of benzene rings is 3. The molecule has 0 atom stereocenters. The third kappa shape index (κ3) is 3.81. The predicted molar refractivity (Wildman–Crippen MR) is 115 cm³/mol. The number of hydrogen-bond donors (Lipinski definition) is 1. The molecule has 0 saturated carbocycles. The number of rotatable bonds is 4. The highest BCUT2D eigenvalue weighted by atomic mass is 32.2. The smallest absolute Gasteiger partial charge is 0.234 e. The van der Waals surface area contributed by atoms with E-state index in [1.165, 1.54) is 17.3 Å². The van der Waals surface area contributed by atoms with Crippen molar-refractivity contribution in [3.8, 4) is 0 Å². The standard InChI is InChI=1S/C23H20N2OS/c1-15-10-11-18-13-16(2)23(25-21(18)12-15)27-14-22(26)24-20-9-5-7-17-6-3-4-8-19(17)20/h3-13H,14H2,1-2H3,(H,24,26). The summed E-state index contributed by atoms with van der Waals surface area (Å²) in [5.41, 5.74) is 4.09. The quantitative estimate of drug-likeness (QED) is 0.465. The van der Waals surface area contributed by atoms with Gasteiger partial charge in [0.2, 0.25) is 5.91 Å². The molecular formula is C23H20N2OS. The topological polar surface area (TPSA) is 42.0 Å². The van der Waals surface area contributed by atoms with Gasteiger partial charge >= 0.3 is 0 Å². The second-order valence-electron chi connectivity index (χ2n) is 6.67. The number of aryl methyl sites for hydroxylation is 2. The molecule has 134 valence electrons. The first-order valence-corrected chi connectivity index (χ1v) is 9.87. The van der Waals surface area contributed by atoms with Gasteiger partial charge in [-0.1, -0.05) is 60.3 Å². The zero-order chi connectivity index (χ0) is 18.8. The first kappa shape index (κ1) is 17.6. The molecule has 4 rings (SSSR count). The van der Waals surface area contributed by atoms with E-state index in [1.807, 2.05) is 49.4 Å². The van der Waals surface area contributed by atoms with Crippen LogP contribution in [0.25, 0.3) is 21.7 Å². The highest BCUT2D eigenvalue weighted by molar-refractivity contribution is 8.00. The van der Waals surface area contributed by atoms with Crippen molar-refractivity contribution in [3.63, 3.8) is 0 Å². The van der Waals surface area contributed by atoms with Crippen LogP contribution in [0.1, 0.15) is 11.1 Å². The molecule has 0 bridgehead atoms. The minimum atomic E-state index is -0.0260. The molecule has 0 aliphatic carbocycles. The summed E-state index contributed by atoms with van der Waals surface area (Å²) in [6.45, 7) is 4.10. The number of anilines is 1. The number of pyridine rings is 1. The van der Waals surface area contributed by atoms with Gasteiger partial charge in [-0.3, -0.25) is 4.79 Å². The van der Waals surface area contributed by atoms with Crippen molar-refractivity contribution >= 4 is 45.0 Å². The van der Waals surface area contributed by atoms with Crippen molar-refractivity contribution in [1.82, 2.24) is 4.98 Å². The minimum Gasteiger partial charge on any atom is -0.325 e. The van der Waals surface area contributed by atoms with Crippen LogP contribution in [-0.2, 0) is 4.79 Å². The van der Waals surface area contributed by atoms with E-state index in [4.69, 9.17) is 4.98 Å². The lowest BCUT2D eigenvalue weighted by molar-refractivity contribution is -0.113. The molecule has 4 heteroatoms. The number of nitrogens with one attached hydrogen (secondary N) is 1. The van der Waals surface area contributed by atoms with E-state index >= 15 is 0 Å². The van der Waals surface area contributed by atoms with Crippen molar-refractivity contribution in [3.05, 3.63) is 77.9 Å². The first-order valence-electron chi connectivity index (χ1n) is 8.88. The molecule has 0 saturated heterocycles. The molecule has 1 heterocycles. The van der Waals surface area contributed by atoms with Gasteiger partial charge < -0.3 is 5.32 Å². The van der Waals surface area contributed by atoms with Crippen molar-refractivity contribution in [2.75, 3.05) is 11.1 Å². The maximum absolute atomic E-state index is 12.5. The number of carbonyl (C=O) groups is 1. The average Bonchev–Trinajstić information content (AvgIpc) is 2.67. The fraction of sp³-hybridized carbons (Fsp3) is 0.130. The molecule has 1 amide bonds. The SMILES string of the molecule is Cc1ccc2cc(C)c(SCC(=O)Nc3cccc4ccccc34)nc2c1. The van der Waals surface area contributed by atoms with Crippen LogP contribution in [0, 0.1) is 13.8 Å². The van der Waals surface area contributed by atoms with Crippen molar-refractivity contribution in [1.29, 1.82) is 0 Å². The van der Waals surface area contributed by atoms with Crippen molar-refractivity contribution < 1.29 is 4.79 Å². The second-order valence-corrected chi connectivity index (χ2v) is 7.63. The Labute approximate surface area is 162 Å². The second kappa shape index (κ2) is 7.41. The molecular weight excluding hydrogens is 352 g/mol.